The number of rotatable bonds is 12. The van der Waals surface area contributed by atoms with E-state index in [4.69, 9.17) is 0 Å². The first-order chi connectivity index (χ1) is 17.6. The number of aryl methyl sites for hydroxylation is 1. The van der Waals surface area contributed by atoms with Crippen molar-refractivity contribution in [1.29, 1.82) is 0 Å². The molecule has 0 atom stereocenters. The summed E-state index contributed by atoms with van der Waals surface area (Å²) in [6.07, 6.45) is 4.69. The van der Waals surface area contributed by atoms with Gasteiger partial charge >= 0.3 is 0 Å². The van der Waals surface area contributed by atoms with Gasteiger partial charge in [-0.1, -0.05) is 85.8 Å². The summed E-state index contributed by atoms with van der Waals surface area (Å²) in [6.45, 7) is 3.86. The minimum absolute atomic E-state index is 0.0137. The molecule has 0 saturated carbocycles. The maximum Gasteiger partial charge on any atom is 0.242 e. The second kappa shape index (κ2) is 12.7. The third-order valence-corrected chi connectivity index (χ3v) is 6.54. The van der Waals surface area contributed by atoms with Crippen molar-refractivity contribution in [3.8, 4) is 0 Å². The van der Waals surface area contributed by atoms with Gasteiger partial charge in [0.1, 0.15) is 0 Å². The van der Waals surface area contributed by atoms with Gasteiger partial charge in [0, 0.05) is 43.2 Å². The van der Waals surface area contributed by atoms with E-state index in [9.17, 15) is 9.59 Å². The lowest BCUT2D eigenvalue weighted by molar-refractivity contribution is -0.140. The van der Waals surface area contributed by atoms with E-state index in [1.807, 2.05) is 90.8 Å². The van der Waals surface area contributed by atoms with Gasteiger partial charge in [-0.15, -0.1) is 0 Å². The molecule has 0 unspecified atom stereocenters. The van der Waals surface area contributed by atoms with Gasteiger partial charge in [0.2, 0.25) is 11.8 Å². The third-order valence-electron chi connectivity index (χ3n) is 6.54. The number of fused-ring (bicyclic) bond motifs is 1. The van der Waals surface area contributed by atoms with Gasteiger partial charge in [0.25, 0.3) is 0 Å². The third kappa shape index (κ3) is 6.85. The Bertz CT molecular complexity index is 1250. The van der Waals surface area contributed by atoms with Gasteiger partial charge in [-0.2, -0.15) is 0 Å². The number of nitrogens with zero attached hydrogens (tertiary/aromatic N) is 2. The van der Waals surface area contributed by atoms with Crippen molar-refractivity contribution in [2.45, 2.75) is 39.2 Å². The van der Waals surface area contributed by atoms with Crippen molar-refractivity contribution in [3.63, 3.8) is 0 Å². The summed E-state index contributed by atoms with van der Waals surface area (Å²) in [5.74, 6) is 0.0190. The Labute approximate surface area is 213 Å². The molecule has 0 aliphatic heterocycles. The fraction of sp³-hybridized carbons (Fsp3) is 0.290. The summed E-state index contributed by atoms with van der Waals surface area (Å²) >= 11 is 0. The molecule has 0 fully saturated rings. The molecule has 0 spiro atoms. The van der Waals surface area contributed by atoms with E-state index in [1.54, 1.807) is 4.90 Å². The largest absolute Gasteiger partial charge is 0.361 e. The topological polar surface area (TPSA) is 56.4 Å². The first kappa shape index (κ1) is 25.2. The number of carbonyl (C=O) groups excluding carboxylic acids is 2. The van der Waals surface area contributed by atoms with Crippen molar-refractivity contribution in [1.82, 2.24) is 14.8 Å². The number of benzene rings is 3. The van der Waals surface area contributed by atoms with Crippen LogP contribution in [0.3, 0.4) is 0 Å². The Morgan fingerprint density at radius 3 is 2.11 bits per heavy atom. The molecule has 2 amide bonds. The highest BCUT2D eigenvalue weighted by Crippen LogP contribution is 2.19. The molecule has 0 aliphatic carbocycles. The number of nitrogens with one attached hydrogen (secondary N) is 1. The standard InChI is InChI=1S/C31H35N3O2/c1-2-20-33(30(35)18-17-25-11-5-3-6-12-25)24-31(36)34(23-26-13-7-4-8-14-26)21-19-27-22-32-29-16-10-9-15-28(27)29/h3-16,22,32H,2,17-21,23-24H2,1H3. The van der Waals surface area contributed by atoms with Crippen LogP contribution in [0.1, 0.15) is 36.5 Å². The minimum Gasteiger partial charge on any atom is -0.361 e. The van der Waals surface area contributed by atoms with Crippen molar-refractivity contribution in [2.24, 2.45) is 0 Å². The van der Waals surface area contributed by atoms with E-state index in [-0.39, 0.29) is 18.4 Å². The van der Waals surface area contributed by atoms with Crippen LogP contribution in [0.15, 0.2) is 91.1 Å². The molecule has 36 heavy (non-hydrogen) atoms. The number of hydrogen-bond acceptors (Lipinski definition) is 2. The molecule has 186 valence electrons. The highest BCUT2D eigenvalue weighted by molar-refractivity contribution is 5.85. The van der Waals surface area contributed by atoms with Crippen molar-refractivity contribution in [2.75, 3.05) is 19.6 Å². The van der Waals surface area contributed by atoms with Gasteiger partial charge in [0.05, 0.1) is 6.54 Å². The molecule has 4 rings (SSSR count). The first-order valence-electron chi connectivity index (χ1n) is 12.8. The maximum atomic E-state index is 13.6. The zero-order valence-electron chi connectivity index (χ0n) is 21.0. The lowest BCUT2D eigenvalue weighted by Gasteiger charge is -2.28. The smallest absolute Gasteiger partial charge is 0.242 e. The van der Waals surface area contributed by atoms with Crippen LogP contribution in [0.2, 0.25) is 0 Å². The Morgan fingerprint density at radius 2 is 1.39 bits per heavy atom. The number of carbonyl (C=O) groups is 2. The minimum atomic E-state index is -0.0137. The second-order valence-electron chi connectivity index (χ2n) is 9.21. The Hall–Kier alpha value is -3.86. The summed E-state index contributed by atoms with van der Waals surface area (Å²) in [5, 5.41) is 1.19. The number of aromatic amines is 1. The molecule has 0 saturated heterocycles. The Morgan fingerprint density at radius 1 is 0.722 bits per heavy atom. The highest BCUT2D eigenvalue weighted by Gasteiger charge is 2.21. The second-order valence-corrected chi connectivity index (χ2v) is 9.21. The van der Waals surface area contributed by atoms with Crippen molar-refractivity contribution in [3.05, 3.63) is 108 Å². The van der Waals surface area contributed by atoms with Crippen LogP contribution in [0.4, 0.5) is 0 Å². The van der Waals surface area contributed by atoms with Gasteiger partial charge in [-0.25, -0.2) is 0 Å². The van der Waals surface area contributed by atoms with Crippen molar-refractivity contribution >= 4 is 22.7 Å². The molecular formula is C31H35N3O2. The predicted octanol–water partition coefficient (Wildman–Crippen LogP) is 5.61. The van der Waals surface area contributed by atoms with Gasteiger partial charge in [0.15, 0.2) is 0 Å². The molecule has 1 heterocycles. The Kier molecular flexibility index (Phi) is 8.92. The lowest BCUT2D eigenvalue weighted by Crippen LogP contribution is -2.43. The summed E-state index contributed by atoms with van der Waals surface area (Å²) < 4.78 is 0. The van der Waals surface area contributed by atoms with E-state index in [2.05, 4.69) is 17.1 Å². The fourth-order valence-corrected chi connectivity index (χ4v) is 4.57. The quantitative estimate of drug-likeness (QED) is 0.286. The lowest BCUT2D eigenvalue weighted by atomic mass is 10.1. The van der Waals surface area contributed by atoms with E-state index in [0.717, 1.165) is 29.5 Å². The molecule has 1 N–H and O–H groups in total. The number of aromatic nitrogens is 1. The van der Waals surface area contributed by atoms with Crippen LogP contribution in [-0.4, -0.2) is 46.2 Å². The monoisotopic (exact) mass is 481 g/mol. The van der Waals surface area contributed by atoms with E-state index in [1.165, 1.54) is 10.9 Å². The summed E-state index contributed by atoms with van der Waals surface area (Å²) in [4.78, 5) is 33.6. The average molecular weight is 482 g/mol. The van der Waals surface area contributed by atoms with Crippen molar-refractivity contribution < 1.29 is 9.59 Å². The molecule has 0 radical (unpaired) electrons. The van der Waals surface area contributed by atoms with Gasteiger partial charge in [-0.05, 0) is 42.0 Å². The molecule has 3 aromatic carbocycles. The molecular weight excluding hydrogens is 446 g/mol. The average Bonchev–Trinajstić information content (AvgIpc) is 3.33. The number of hydrogen-bond donors (Lipinski definition) is 1. The van der Waals surface area contributed by atoms with E-state index < -0.39 is 0 Å². The zero-order chi connectivity index (χ0) is 25.2. The molecule has 4 aromatic rings. The Balaban J connectivity index is 1.44. The normalized spacial score (nSPS) is 10.9. The van der Waals surface area contributed by atoms with Crippen LogP contribution >= 0.6 is 0 Å². The molecule has 5 heteroatoms. The van der Waals surface area contributed by atoms with Crippen LogP contribution in [-0.2, 0) is 29.0 Å². The number of para-hydroxylation sites is 1. The molecule has 0 bridgehead atoms. The SMILES string of the molecule is CCCN(CC(=O)N(CCc1c[nH]c2ccccc12)Cc1ccccc1)C(=O)CCc1ccccc1. The predicted molar refractivity (Wildman–Crippen MR) is 145 cm³/mol. The maximum absolute atomic E-state index is 13.6. The summed E-state index contributed by atoms with van der Waals surface area (Å²) in [6, 6.07) is 28.3. The fourth-order valence-electron chi connectivity index (χ4n) is 4.57. The highest BCUT2D eigenvalue weighted by atomic mass is 16.2. The first-order valence-corrected chi connectivity index (χ1v) is 12.8. The van der Waals surface area contributed by atoms with E-state index in [0.29, 0.717) is 32.5 Å². The van der Waals surface area contributed by atoms with Crippen LogP contribution in [0, 0.1) is 0 Å². The molecule has 1 aromatic heterocycles. The van der Waals surface area contributed by atoms with Crippen LogP contribution < -0.4 is 0 Å². The summed E-state index contributed by atoms with van der Waals surface area (Å²) in [5.41, 5.74) is 4.52. The van der Waals surface area contributed by atoms with Gasteiger partial charge < -0.3 is 14.8 Å². The summed E-state index contributed by atoms with van der Waals surface area (Å²) in [7, 11) is 0. The number of H-pyrrole nitrogens is 1. The molecule has 0 aliphatic rings. The van der Waals surface area contributed by atoms with Crippen LogP contribution in [0.5, 0.6) is 0 Å². The van der Waals surface area contributed by atoms with Gasteiger partial charge in [-0.3, -0.25) is 9.59 Å². The van der Waals surface area contributed by atoms with E-state index >= 15 is 0 Å². The van der Waals surface area contributed by atoms with Crippen LogP contribution in [0.25, 0.3) is 10.9 Å². The zero-order valence-corrected chi connectivity index (χ0v) is 21.0. The number of amides is 2. The molecule has 5 nitrogen and oxygen atoms in total.